The molecule has 1 amide bonds. The number of cyclic esters (lactones) is 1. The van der Waals surface area contributed by atoms with E-state index in [1.165, 1.54) is 0 Å². The van der Waals surface area contributed by atoms with E-state index in [1.54, 1.807) is 4.90 Å². The van der Waals surface area contributed by atoms with Crippen LogP contribution in [-0.4, -0.2) is 31.7 Å². The minimum Gasteiger partial charge on any atom is -0.447 e. The molecule has 1 aromatic rings. The van der Waals surface area contributed by atoms with E-state index >= 15 is 0 Å². The molecule has 3 N–H and O–H groups in total. The average Bonchev–Trinajstić information content (AvgIpc) is 2.89. The molecular weight excluding hydrogens is 383 g/mol. The molecule has 1 aliphatic heterocycles. The zero-order chi connectivity index (χ0) is 14.4. The van der Waals surface area contributed by atoms with Crippen LogP contribution in [0.5, 0.6) is 0 Å². The summed E-state index contributed by atoms with van der Waals surface area (Å²) < 4.78 is 4.91. The summed E-state index contributed by atoms with van der Waals surface area (Å²) in [5.74, 6) is 0.457. The van der Waals surface area contributed by atoms with Crippen LogP contribution in [0.3, 0.4) is 0 Å². The number of amides is 1. The number of carbonyl (C=O) groups is 1. The van der Waals surface area contributed by atoms with Gasteiger partial charge in [-0.25, -0.2) is 9.79 Å². The number of nitrogens with one attached hydrogen (secondary N) is 1. The third-order valence-corrected chi connectivity index (χ3v) is 3.00. The Bertz CT molecular complexity index is 490. The van der Waals surface area contributed by atoms with Crippen molar-refractivity contribution in [2.45, 2.75) is 19.9 Å². The van der Waals surface area contributed by atoms with E-state index in [0.29, 0.717) is 25.7 Å². The Morgan fingerprint density at radius 3 is 2.71 bits per heavy atom. The maximum absolute atomic E-state index is 11.4. The first kappa shape index (κ1) is 17.5. The van der Waals surface area contributed by atoms with Crippen molar-refractivity contribution in [3.63, 3.8) is 0 Å². The fourth-order valence-corrected chi connectivity index (χ4v) is 1.89. The van der Waals surface area contributed by atoms with Crippen LogP contribution < -0.4 is 16.0 Å². The van der Waals surface area contributed by atoms with Gasteiger partial charge in [-0.3, -0.25) is 4.90 Å². The third kappa shape index (κ3) is 5.07. The van der Waals surface area contributed by atoms with Crippen LogP contribution in [0.15, 0.2) is 29.3 Å². The fourth-order valence-electron chi connectivity index (χ4n) is 1.89. The van der Waals surface area contributed by atoms with E-state index in [9.17, 15) is 4.79 Å². The van der Waals surface area contributed by atoms with Gasteiger partial charge in [0, 0.05) is 12.2 Å². The smallest absolute Gasteiger partial charge is 0.414 e. The predicted octanol–water partition coefficient (Wildman–Crippen LogP) is 2.08. The summed E-state index contributed by atoms with van der Waals surface area (Å²) in [6.45, 7) is 4.47. The summed E-state index contributed by atoms with van der Waals surface area (Å²) in [6, 6.07) is 7.68. The topological polar surface area (TPSA) is 79.9 Å². The highest BCUT2D eigenvalue weighted by Gasteiger charge is 2.23. The number of rotatable bonds is 5. The number of anilines is 1. The molecule has 0 spiro atoms. The lowest BCUT2D eigenvalue weighted by atomic mass is 10.2. The van der Waals surface area contributed by atoms with E-state index in [1.807, 2.05) is 24.3 Å². The van der Waals surface area contributed by atoms with Gasteiger partial charge in [0.1, 0.15) is 6.61 Å². The Morgan fingerprint density at radius 2 is 2.14 bits per heavy atom. The summed E-state index contributed by atoms with van der Waals surface area (Å²) >= 11 is 0. The van der Waals surface area contributed by atoms with Crippen LogP contribution in [0, 0.1) is 0 Å². The molecule has 1 saturated heterocycles. The van der Waals surface area contributed by atoms with Crippen molar-refractivity contribution in [3.05, 3.63) is 29.8 Å². The lowest BCUT2D eigenvalue weighted by Gasteiger charge is -2.12. The van der Waals surface area contributed by atoms with Gasteiger partial charge in [-0.15, -0.1) is 24.0 Å². The van der Waals surface area contributed by atoms with Gasteiger partial charge in [-0.05, 0) is 24.1 Å². The van der Waals surface area contributed by atoms with E-state index < -0.39 is 0 Å². The lowest BCUT2D eigenvalue weighted by Crippen LogP contribution is -2.32. The van der Waals surface area contributed by atoms with Crippen LogP contribution in [-0.2, 0) is 11.3 Å². The Morgan fingerprint density at radius 1 is 1.43 bits per heavy atom. The van der Waals surface area contributed by atoms with Crippen molar-refractivity contribution in [2.75, 3.05) is 24.6 Å². The monoisotopic (exact) mass is 404 g/mol. The number of nitrogens with two attached hydrogens (primary N) is 1. The maximum atomic E-state index is 11.4. The lowest BCUT2D eigenvalue weighted by molar-refractivity contribution is 0.181. The number of guanidine groups is 1. The number of hydrogen-bond acceptors (Lipinski definition) is 3. The number of nitrogens with zero attached hydrogens (tertiary/aromatic N) is 2. The SMILES string of the molecule is CCCNC(N)=NCc1ccc(N2CCOC2=O)cc1.I. The summed E-state index contributed by atoms with van der Waals surface area (Å²) in [5, 5.41) is 3.02. The number of ether oxygens (including phenoxy) is 1. The molecule has 7 heteroatoms. The zero-order valence-corrected chi connectivity index (χ0v) is 14.4. The van der Waals surface area contributed by atoms with Crippen LogP contribution in [0.25, 0.3) is 0 Å². The molecule has 116 valence electrons. The van der Waals surface area contributed by atoms with Gasteiger partial charge in [0.15, 0.2) is 5.96 Å². The molecule has 0 bridgehead atoms. The van der Waals surface area contributed by atoms with Gasteiger partial charge < -0.3 is 15.8 Å². The second-order valence-electron chi connectivity index (χ2n) is 4.56. The molecule has 1 aliphatic rings. The second-order valence-corrected chi connectivity index (χ2v) is 4.56. The number of carbonyl (C=O) groups excluding carboxylic acids is 1. The van der Waals surface area contributed by atoms with E-state index in [-0.39, 0.29) is 30.1 Å². The predicted molar refractivity (Wildman–Crippen MR) is 94.2 cm³/mol. The van der Waals surface area contributed by atoms with Gasteiger partial charge in [0.2, 0.25) is 0 Å². The maximum Gasteiger partial charge on any atom is 0.414 e. The molecule has 0 unspecified atom stereocenters. The molecule has 0 radical (unpaired) electrons. The van der Waals surface area contributed by atoms with Crippen molar-refractivity contribution in [2.24, 2.45) is 10.7 Å². The summed E-state index contributed by atoms with van der Waals surface area (Å²) in [7, 11) is 0. The highest BCUT2D eigenvalue weighted by Crippen LogP contribution is 2.19. The third-order valence-electron chi connectivity index (χ3n) is 3.00. The Kier molecular flexibility index (Phi) is 7.27. The Labute approximate surface area is 141 Å². The first-order valence-corrected chi connectivity index (χ1v) is 6.77. The Balaban J connectivity index is 0.00000220. The average molecular weight is 404 g/mol. The largest absolute Gasteiger partial charge is 0.447 e. The van der Waals surface area contributed by atoms with Crippen molar-refractivity contribution in [1.82, 2.24) is 5.32 Å². The molecule has 1 heterocycles. The number of halogens is 1. The molecule has 0 saturated carbocycles. The van der Waals surface area contributed by atoms with Gasteiger partial charge >= 0.3 is 6.09 Å². The molecule has 6 nitrogen and oxygen atoms in total. The standard InChI is InChI=1S/C14H20N4O2.HI/c1-2-7-16-13(15)17-10-11-3-5-12(6-4-11)18-8-9-20-14(18)19;/h3-6H,2,7-10H2,1H3,(H3,15,16,17);1H. The first-order valence-electron chi connectivity index (χ1n) is 6.77. The molecule has 2 rings (SSSR count). The number of benzene rings is 1. The first-order chi connectivity index (χ1) is 9.70. The molecule has 0 atom stereocenters. The van der Waals surface area contributed by atoms with Crippen molar-refractivity contribution < 1.29 is 9.53 Å². The van der Waals surface area contributed by atoms with Crippen LogP contribution in [0.4, 0.5) is 10.5 Å². The van der Waals surface area contributed by atoms with Crippen molar-refractivity contribution >= 4 is 41.7 Å². The molecule has 21 heavy (non-hydrogen) atoms. The van der Waals surface area contributed by atoms with E-state index in [2.05, 4.69) is 17.2 Å². The normalized spacial score (nSPS) is 14.6. The van der Waals surface area contributed by atoms with Gasteiger partial charge in [-0.2, -0.15) is 0 Å². The highest BCUT2D eigenvalue weighted by molar-refractivity contribution is 14.0. The Hall–Kier alpha value is -1.51. The van der Waals surface area contributed by atoms with Crippen molar-refractivity contribution in [3.8, 4) is 0 Å². The van der Waals surface area contributed by atoms with Crippen LogP contribution in [0.2, 0.25) is 0 Å². The van der Waals surface area contributed by atoms with E-state index in [0.717, 1.165) is 24.2 Å². The molecule has 1 aromatic carbocycles. The number of hydrogen-bond donors (Lipinski definition) is 2. The van der Waals surface area contributed by atoms with Crippen LogP contribution in [0.1, 0.15) is 18.9 Å². The van der Waals surface area contributed by atoms with Crippen LogP contribution >= 0.6 is 24.0 Å². The minimum atomic E-state index is -0.288. The minimum absolute atomic E-state index is 0. The molecule has 0 aliphatic carbocycles. The molecular formula is C14H21IN4O2. The fraction of sp³-hybridized carbons (Fsp3) is 0.429. The zero-order valence-electron chi connectivity index (χ0n) is 12.0. The summed E-state index contributed by atoms with van der Waals surface area (Å²) in [6.07, 6.45) is 0.723. The molecule has 0 aromatic heterocycles. The highest BCUT2D eigenvalue weighted by atomic mass is 127. The van der Waals surface area contributed by atoms with E-state index in [4.69, 9.17) is 10.5 Å². The van der Waals surface area contributed by atoms with Gasteiger partial charge in [0.25, 0.3) is 0 Å². The summed E-state index contributed by atoms with van der Waals surface area (Å²) in [4.78, 5) is 17.3. The molecule has 1 fully saturated rings. The van der Waals surface area contributed by atoms with Gasteiger partial charge in [0.05, 0.1) is 13.1 Å². The van der Waals surface area contributed by atoms with Crippen molar-refractivity contribution in [1.29, 1.82) is 0 Å². The number of aliphatic imine (C=N–C) groups is 1. The quantitative estimate of drug-likeness (QED) is 0.448. The van der Waals surface area contributed by atoms with Gasteiger partial charge in [-0.1, -0.05) is 19.1 Å². The second kappa shape index (κ2) is 8.71. The summed E-state index contributed by atoms with van der Waals surface area (Å²) in [5.41, 5.74) is 7.61.